The Morgan fingerprint density at radius 2 is 1.97 bits per heavy atom. The monoisotopic (exact) mass is 391 g/mol. The molecular formula is C22H21N3O4. The van der Waals surface area contributed by atoms with Crippen molar-refractivity contribution in [3.05, 3.63) is 75.8 Å². The van der Waals surface area contributed by atoms with Gasteiger partial charge in [-0.25, -0.2) is 4.98 Å². The minimum absolute atomic E-state index is 0.105. The molecule has 7 nitrogen and oxygen atoms in total. The fourth-order valence-corrected chi connectivity index (χ4v) is 3.88. The van der Waals surface area contributed by atoms with Gasteiger partial charge in [0, 0.05) is 26.1 Å². The number of rotatable bonds is 4. The third kappa shape index (κ3) is 3.51. The number of para-hydroxylation sites is 1. The van der Waals surface area contributed by atoms with Gasteiger partial charge in [0.05, 0.1) is 23.1 Å². The number of carbonyl (C=O) groups is 2. The zero-order chi connectivity index (χ0) is 20.5. The summed E-state index contributed by atoms with van der Waals surface area (Å²) in [5.41, 5.74) is 3.01. The van der Waals surface area contributed by atoms with Gasteiger partial charge >= 0.3 is 5.97 Å². The van der Waals surface area contributed by atoms with E-state index in [0.29, 0.717) is 17.4 Å². The highest BCUT2D eigenvalue weighted by atomic mass is 16.4. The molecule has 29 heavy (non-hydrogen) atoms. The van der Waals surface area contributed by atoms with Gasteiger partial charge in [0.25, 0.3) is 5.56 Å². The van der Waals surface area contributed by atoms with Crippen LogP contribution in [0.3, 0.4) is 0 Å². The summed E-state index contributed by atoms with van der Waals surface area (Å²) in [4.78, 5) is 43.1. The number of hydrogen-bond donors (Lipinski definition) is 1. The van der Waals surface area contributed by atoms with E-state index in [9.17, 15) is 19.5 Å². The van der Waals surface area contributed by atoms with Gasteiger partial charge in [0.1, 0.15) is 0 Å². The van der Waals surface area contributed by atoms with Crippen molar-refractivity contribution in [1.29, 1.82) is 0 Å². The van der Waals surface area contributed by atoms with E-state index in [0.717, 1.165) is 16.7 Å². The largest absolute Gasteiger partial charge is 0.481 e. The van der Waals surface area contributed by atoms with E-state index in [2.05, 4.69) is 4.98 Å². The molecule has 0 spiro atoms. The van der Waals surface area contributed by atoms with Gasteiger partial charge in [-0.3, -0.25) is 19.0 Å². The van der Waals surface area contributed by atoms with Gasteiger partial charge in [-0.15, -0.1) is 0 Å². The van der Waals surface area contributed by atoms with Crippen LogP contribution in [0, 0.1) is 6.92 Å². The minimum Gasteiger partial charge on any atom is -0.481 e. The molecule has 7 heteroatoms. The van der Waals surface area contributed by atoms with Gasteiger partial charge in [0.15, 0.2) is 0 Å². The maximum absolute atomic E-state index is 12.8. The molecule has 0 saturated carbocycles. The molecular weight excluding hydrogens is 370 g/mol. The second-order valence-corrected chi connectivity index (χ2v) is 7.33. The van der Waals surface area contributed by atoms with Crippen LogP contribution in [0.5, 0.6) is 0 Å². The topological polar surface area (TPSA) is 92.5 Å². The summed E-state index contributed by atoms with van der Waals surface area (Å²) in [5, 5.41) is 10.1. The van der Waals surface area contributed by atoms with Crippen LogP contribution >= 0.6 is 0 Å². The number of carbonyl (C=O) groups excluding carboxylic acids is 1. The van der Waals surface area contributed by atoms with E-state index < -0.39 is 11.9 Å². The molecule has 1 atom stereocenters. The Labute approximate surface area is 167 Å². The average Bonchev–Trinajstić information content (AvgIpc) is 2.72. The highest BCUT2D eigenvalue weighted by molar-refractivity contribution is 5.82. The Kier molecular flexibility index (Phi) is 4.88. The fraction of sp³-hybridized carbons (Fsp3) is 0.273. The van der Waals surface area contributed by atoms with E-state index in [1.807, 2.05) is 37.3 Å². The Balaban J connectivity index is 1.52. The van der Waals surface area contributed by atoms with Crippen molar-refractivity contribution < 1.29 is 14.7 Å². The van der Waals surface area contributed by atoms with Crippen molar-refractivity contribution in [3.8, 4) is 0 Å². The van der Waals surface area contributed by atoms with Crippen molar-refractivity contribution >= 4 is 22.8 Å². The average molecular weight is 391 g/mol. The lowest BCUT2D eigenvalue weighted by molar-refractivity contribution is -0.141. The zero-order valence-electron chi connectivity index (χ0n) is 16.0. The summed E-state index contributed by atoms with van der Waals surface area (Å²) >= 11 is 0. The molecule has 3 aromatic rings. The van der Waals surface area contributed by atoms with E-state index in [1.54, 1.807) is 17.0 Å². The Hall–Kier alpha value is -3.48. The fourth-order valence-electron chi connectivity index (χ4n) is 3.88. The van der Waals surface area contributed by atoms with Crippen LogP contribution in [0.1, 0.15) is 29.0 Å². The van der Waals surface area contributed by atoms with Crippen LogP contribution < -0.4 is 5.56 Å². The molecule has 0 saturated heterocycles. The number of aromatic nitrogens is 2. The van der Waals surface area contributed by atoms with E-state index in [1.165, 1.54) is 10.9 Å². The molecule has 2 aromatic carbocycles. The lowest BCUT2D eigenvalue weighted by Gasteiger charge is -2.33. The summed E-state index contributed by atoms with van der Waals surface area (Å²) in [6, 6.07) is 12.8. The maximum atomic E-state index is 12.8. The molecule has 1 aliphatic heterocycles. The number of carboxylic acids is 1. The number of nitrogens with zero attached hydrogens (tertiary/aromatic N) is 3. The van der Waals surface area contributed by atoms with Gasteiger partial charge in [-0.05, 0) is 29.7 Å². The second kappa shape index (κ2) is 7.50. The van der Waals surface area contributed by atoms with Crippen LogP contribution in [0.15, 0.2) is 53.6 Å². The number of hydrogen-bond acceptors (Lipinski definition) is 4. The predicted molar refractivity (Wildman–Crippen MR) is 108 cm³/mol. The first-order valence-corrected chi connectivity index (χ1v) is 9.49. The minimum atomic E-state index is -0.944. The number of aliphatic carboxylic acids is 1. The van der Waals surface area contributed by atoms with Gasteiger partial charge in [0.2, 0.25) is 5.91 Å². The van der Waals surface area contributed by atoms with E-state index in [4.69, 9.17) is 0 Å². The Morgan fingerprint density at radius 3 is 2.76 bits per heavy atom. The van der Waals surface area contributed by atoms with Crippen molar-refractivity contribution in [3.63, 3.8) is 0 Å². The molecule has 1 aliphatic rings. The van der Waals surface area contributed by atoms with Crippen molar-refractivity contribution in [1.82, 2.24) is 14.5 Å². The number of aryl methyl sites for hydroxylation is 2. The van der Waals surface area contributed by atoms with Crippen LogP contribution in [0.25, 0.3) is 10.9 Å². The van der Waals surface area contributed by atoms with Crippen LogP contribution in [0.4, 0.5) is 0 Å². The summed E-state index contributed by atoms with van der Waals surface area (Å²) in [6.45, 7) is 2.61. The molecule has 148 valence electrons. The number of fused-ring (bicyclic) bond motifs is 2. The molecule has 2 heterocycles. The number of benzene rings is 2. The van der Waals surface area contributed by atoms with E-state index >= 15 is 0 Å². The van der Waals surface area contributed by atoms with Crippen LogP contribution in [-0.2, 0) is 22.7 Å². The molecule has 0 fully saturated rings. The SMILES string of the molecule is Cc1cccc2c(=O)n(CCC(=O)N3Cc4ccccc4C(C(=O)O)C3)cnc12. The Morgan fingerprint density at radius 1 is 1.17 bits per heavy atom. The maximum Gasteiger partial charge on any atom is 0.312 e. The molecule has 1 aromatic heterocycles. The smallest absolute Gasteiger partial charge is 0.312 e. The normalized spacial score (nSPS) is 15.9. The van der Waals surface area contributed by atoms with Gasteiger partial charge < -0.3 is 10.0 Å². The number of carboxylic acid groups (broad SMARTS) is 1. The quantitative estimate of drug-likeness (QED) is 0.737. The molecule has 0 radical (unpaired) electrons. The summed E-state index contributed by atoms with van der Waals surface area (Å²) in [7, 11) is 0. The second-order valence-electron chi connectivity index (χ2n) is 7.33. The number of amides is 1. The first-order valence-electron chi connectivity index (χ1n) is 9.49. The predicted octanol–water partition coefficient (Wildman–Crippen LogP) is 2.31. The first kappa shape index (κ1) is 18.9. The zero-order valence-corrected chi connectivity index (χ0v) is 16.0. The molecule has 1 amide bonds. The third-order valence-electron chi connectivity index (χ3n) is 5.47. The van der Waals surface area contributed by atoms with Gasteiger partial charge in [-0.1, -0.05) is 36.4 Å². The Bertz CT molecular complexity index is 1170. The van der Waals surface area contributed by atoms with Crippen LogP contribution in [-0.4, -0.2) is 38.0 Å². The summed E-state index contributed by atoms with van der Waals surface area (Å²) in [5.74, 6) is -1.86. The lowest BCUT2D eigenvalue weighted by atomic mass is 9.89. The first-order chi connectivity index (χ1) is 14.0. The molecule has 1 N–H and O–H groups in total. The van der Waals surface area contributed by atoms with Crippen LogP contribution in [0.2, 0.25) is 0 Å². The molecule has 1 unspecified atom stereocenters. The van der Waals surface area contributed by atoms with Crippen molar-refractivity contribution in [2.75, 3.05) is 6.54 Å². The molecule has 4 rings (SSSR count). The lowest BCUT2D eigenvalue weighted by Crippen LogP contribution is -2.41. The third-order valence-corrected chi connectivity index (χ3v) is 5.47. The molecule has 0 aliphatic carbocycles. The summed E-state index contributed by atoms with van der Waals surface area (Å²) < 4.78 is 1.44. The summed E-state index contributed by atoms with van der Waals surface area (Å²) in [6.07, 6.45) is 1.57. The highest BCUT2D eigenvalue weighted by Gasteiger charge is 2.32. The standard InChI is InChI=1S/C22H21N3O4/c1-14-5-4-8-17-20(14)23-13-24(21(17)27)10-9-19(26)25-11-15-6-2-3-7-16(15)18(12-25)22(28)29/h2-8,13,18H,9-12H2,1H3,(H,28,29). The van der Waals surface area contributed by atoms with Crippen molar-refractivity contribution in [2.24, 2.45) is 0 Å². The van der Waals surface area contributed by atoms with Gasteiger partial charge in [-0.2, -0.15) is 0 Å². The highest BCUT2D eigenvalue weighted by Crippen LogP contribution is 2.28. The molecule has 0 bridgehead atoms. The van der Waals surface area contributed by atoms with Crippen molar-refractivity contribution in [2.45, 2.75) is 32.4 Å². The van der Waals surface area contributed by atoms with E-state index in [-0.39, 0.29) is 31.0 Å².